The summed E-state index contributed by atoms with van der Waals surface area (Å²) in [6, 6.07) is 10.0. The van der Waals surface area contributed by atoms with E-state index in [1.807, 2.05) is 6.92 Å². The van der Waals surface area contributed by atoms with Gasteiger partial charge in [0.05, 0.1) is 12.2 Å². The highest BCUT2D eigenvalue weighted by Gasteiger charge is 2.18. The third kappa shape index (κ3) is 5.67. The summed E-state index contributed by atoms with van der Waals surface area (Å²) in [4.78, 5) is 27.5. The van der Waals surface area contributed by atoms with Gasteiger partial charge in [0.2, 0.25) is 6.79 Å². The maximum Gasteiger partial charge on any atom is 0.255 e. The van der Waals surface area contributed by atoms with Gasteiger partial charge in [-0.25, -0.2) is 0 Å². The second kappa shape index (κ2) is 10.7. The van der Waals surface area contributed by atoms with E-state index in [1.165, 1.54) is 0 Å². The third-order valence-electron chi connectivity index (χ3n) is 5.03. The van der Waals surface area contributed by atoms with Gasteiger partial charge in [0.1, 0.15) is 5.75 Å². The van der Waals surface area contributed by atoms with Crippen LogP contribution in [0.25, 0.3) is 0 Å². The largest absolute Gasteiger partial charge is 0.493 e. The predicted octanol–water partition coefficient (Wildman–Crippen LogP) is 3.14. The first-order valence-electron chi connectivity index (χ1n) is 10.5. The minimum Gasteiger partial charge on any atom is -0.493 e. The lowest BCUT2D eigenvalue weighted by atomic mass is 10.1. The number of rotatable bonds is 10. The van der Waals surface area contributed by atoms with Crippen LogP contribution in [0.4, 0.5) is 5.69 Å². The van der Waals surface area contributed by atoms with E-state index in [0.29, 0.717) is 47.2 Å². The molecule has 0 saturated carbocycles. The first kappa shape index (κ1) is 22.4. The first-order valence-corrected chi connectivity index (χ1v) is 10.5. The fourth-order valence-corrected chi connectivity index (χ4v) is 3.27. The van der Waals surface area contributed by atoms with Crippen LogP contribution in [-0.4, -0.2) is 56.3 Å². The Labute approximate surface area is 182 Å². The van der Waals surface area contributed by atoms with Crippen molar-refractivity contribution in [2.45, 2.75) is 20.8 Å². The number of anilines is 1. The summed E-state index contributed by atoms with van der Waals surface area (Å²) >= 11 is 0. The molecule has 8 heteroatoms. The molecule has 31 heavy (non-hydrogen) atoms. The van der Waals surface area contributed by atoms with Gasteiger partial charge < -0.3 is 29.7 Å². The maximum atomic E-state index is 12.6. The van der Waals surface area contributed by atoms with Crippen molar-refractivity contribution in [3.63, 3.8) is 0 Å². The minimum atomic E-state index is -0.294. The molecule has 3 rings (SSSR count). The number of amides is 2. The number of hydrogen-bond acceptors (Lipinski definition) is 6. The van der Waals surface area contributed by atoms with Gasteiger partial charge in [0.15, 0.2) is 11.5 Å². The maximum absolute atomic E-state index is 12.6. The Morgan fingerprint density at radius 1 is 1.00 bits per heavy atom. The van der Waals surface area contributed by atoms with Crippen molar-refractivity contribution in [2.75, 3.05) is 44.9 Å². The molecule has 2 aromatic rings. The van der Waals surface area contributed by atoms with Gasteiger partial charge in [-0.05, 0) is 50.3 Å². The van der Waals surface area contributed by atoms with E-state index in [1.54, 1.807) is 36.4 Å². The second-order valence-corrected chi connectivity index (χ2v) is 6.95. The number of carbonyl (C=O) groups is 2. The average molecular weight is 428 g/mol. The zero-order valence-corrected chi connectivity index (χ0v) is 18.2. The van der Waals surface area contributed by atoms with Crippen LogP contribution in [0.15, 0.2) is 36.4 Å². The topological polar surface area (TPSA) is 89.1 Å². The molecule has 1 aliphatic heterocycles. The zero-order chi connectivity index (χ0) is 22.2. The van der Waals surface area contributed by atoms with Gasteiger partial charge in [-0.3, -0.25) is 9.59 Å². The molecule has 0 fully saturated rings. The van der Waals surface area contributed by atoms with Crippen molar-refractivity contribution in [3.05, 3.63) is 47.5 Å². The van der Waals surface area contributed by atoms with Gasteiger partial charge in [0, 0.05) is 30.4 Å². The Balaban J connectivity index is 1.67. The fraction of sp³-hybridized carbons (Fsp3) is 0.391. The smallest absolute Gasteiger partial charge is 0.255 e. The Morgan fingerprint density at radius 2 is 1.77 bits per heavy atom. The Morgan fingerprint density at radius 3 is 2.52 bits per heavy atom. The summed E-state index contributed by atoms with van der Waals surface area (Å²) in [5.41, 5.74) is 1.41. The van der Waals surface area contributed by atoms with E-state index < -0.39 is 0 Å². The molecule has 1 heterocycles. The van der Waals surface area contributed by atoms with Crippen LogP contribution in [0.1, 0.15) is 41.5 Å². The van der Waals surface area contributed by atoms with Gasteiger partial charge in [0.25, 0.3) is 11.8 Å². The van der Waals surface area contributed by atoms with Crippen molar-refractivity contribution in [2.24, 2.45) is 0 Å². The third-order valence-corrected chi connectivity index (χ3v) is 5.03. The molecule has 0 bridgehead atoms. The number of carbonyl (C=O) groups excluding carboxylic acids is 2. The Kier molecular flexibility index (Phi) is 7.72. The van der Waals surface area contributed by atoms with Crippen LogP contribution >= 0.6 is 0 Å². The van der Waals surface area contributed by atoms with E-state index in [0.717, 1.165) is 19.6 Å². The van der Waals surface area contributed by atoms with Crippen LogP contribution in [0.2, 0.25) is 0 Å². The highest BCUT2D eigenvalue weighted by atomic mass is 16.7. The number of likely N-dealkylation sites (N-methyl/N-ethyl adjacent to an activating group) is 1. The van der Waals surface area contributed by atoms with Crippen molar-refractivity contribution >= 4 is 17.5 Å². The normalized spacial score (nSPS) is 12.0. The average Bonchev–Trinajstić information content (AvgIpc) is 3.25. The van der Waals surface area contributed by atoms with Gasteiger partial charge >= 0.3 is 0 Å². The minimum absolute atomic E-state index is 0.149. The van der Waals surface area contributed by atoms with Gasteiger partial charge in [-0.1, -0.05) is 13.8 Å². The molecule has 0 aromatic heterocycles. The van der Waals surface area contributed by atoms with Gasteiger partial charge in [-0.2, -0.15) is 0 Å². The molecule has 1 aliphatic rings. The highest BCUT2D eigenvalue weighted by Crippen LogP contribution is 2.33. The first-order chi connectivity index (χ1) is 15.0. The molecule has 0 radical (unpaired) electrons. The molecule has 166 valence electrons. The molecule has 2 amide bonds. The lowest BCUT2D eigenvalue weighted by molar-refractivity contribution is 0.0944. The molecular weight excluding hydrogens is 398 g/mol. The predicted molar refractivity (Wildman–Crippen MR) is 118 cm³/mol. The molecule has 0 aliphatic carbocycles. The zero-order valence-electron chi connectivity index (χ0n) is 18.2. The number of fused-ring (bicyclic) bond motifs is 1. The number of hydrogen-bond donors (Lipinski definition) is 2. The lowest BCUT2D eigenvalue weighted by Gasteiger charge is -2.18. The van der Waals surface area contributed by atoms with Crippen LogP contribution in [0.5, 0.6) is 17.2 Å². The van der Waals surface area contributed by atoms with Crippen LogP contribution < -0.4 is 24.8 Å². The molecule has 2 aromatic carbocycles. The molecule has 8 nitrogen and oxygen atoms in total. The van der Waals surface area contributed by atoms with Crippen molar-refractivity contribution in [1.82, 2.24) is 10.2 Å². The monoisotopic (exact) mass is 427 g/mol. The molecule has 0 unspecified atom stereocenters. The molecular formula is C23H29N3O5. The van der Waals surface area contributed by atoms with Gasteiger partial charge in [-0.15, -0.1) is 0 Å². The van der Waals surface area contributed by atoms with Crippen molar-refractivity contribution in [1.29, 1.82) is 0 Å². The summed E-state index contributed by atoms with van der Waals surface area (Å²) < 4.78 is 16.3. The summed E-state index contributed by atoms with van der Waals surface area (Å²) in [5, 5.41) is 5.77. The van der Waals surface area contributed by atoms with Crippen LogP contribution in [-0.2, 0) is 0 Å². The molecule has 0 spiro atoms. The number of nitrogens with one attached hydrogen (secondary N) is 2. The summed E-state index contributed by atoms with van der Waals surface area (Å²) in [6.45, 7) is 9.80. The Bertz CT molecular complexity index is 927. The number of nitrogens with zero attached hydrogens (tertiary/aromatic N) is 1. The second-order valence-electron chi connectivity index (χ2n) is 6.95. The standard InChI is InChI=1S/C23H29N3O5/c1-4-26(5-2)12-11-24-23(28)18-9-8-17(14-20(18)29-6-3)25-22(27)16-7-10-19-21(13-16)31-15-30-19/h7-10,13-14H,4-6,11-12,15H2,1-3H3,(H,24,28)(H,25,27). The van der Waals surface area contributed by atoms with E-state index in [4.69, 9.17) is 14.2 Å². The highest BCUT2D eigenvalue weighted by molar-refractivity contribution is 6.05. The SMILES string of the molecule is CCOc1cc(NC(=O)c2ccc3c(c2)OCO3)ccc1C(=O)NCCN(CC)CC. The van der Waals surface area contributed by atoms with Crippen LogP contribution in [0, 0.1) is 0 Å². The lowest BCUT2D eigenvalue weighted by Crippen LogP contribution is -2.35. The quantitative estimate of drug-likeness (QED) is 0.606. The van der Waals surface area contributed by atoms with E-state index >= 15 is 0 Å². The van der Waals surface area contributed by atoms with E-state index in [9.17, 15) is 9.59 Å². The summed E-state index contributed by atoms with van der Waals surface area (Å²) in [6.07, 6.45) is 0. The number of ether oxygens (including phenoxy) is 3. The number of benzene rings is 2. The van der Waals surface area contributed by atoms with Crippen LogP contribution in [0.3, 0.4) is 0 Å². The van der Waals surface area contributed by atoms with E-state index in [2.05, 4.69) is 29.4 Å². The van der Waals surface area contributed by atoms with Crippen molar-refractivity contribution < 1.29 is 23.8 Å². The van der Waals surface area contributed by atoms with Crippen molar-refractivity contribution in [3.8, 4) is 17.2 Å². The molecule has 0 atom stereocenters. The summed E-state index contributed by atoms with van der Waals surface area (Å²) in [5.74, 6) is 1.08. The summed E-state index contributed by atoms with van der Waals surface area (Å²) in [7, 11) is 0. The fourth-order valence-electron chi connectivity index (χ4n) is 3.27. The molecule has 0 saturated heterocycles. The Hall–Kier alpha value is -3.26. The van der Waals surface area contributed by atoms with E-state index in [-0.39, 0.29) is 18.6 Å². The molecule has 2 N–H and O–H groups in total.